The Morgan fingerprint density at radius 3 is 1.29 bits per heavy atom. The summed E-state index contributed by atoms with van der Waals surface area (Å²) in [4.78, 5) is 161. The fraction of sp³-hybridized carbons (Fsp3) is 0.412. The predicted octanol–water partition coefficient (Wildman–Crippen LogP) is 1.91. The Balaban J connectivity index is 0.0000173. The van der Waals surface area contributed by atoms with Crippen molar-refractivity contribution in [3.8, 4) is 0 Å². The van der Waals surface area contributed by atoms with Crippen molar-refractivity contribution < 1.29 is 128 Å². The summed E-state index contributed by atoms with van der Waals surface area (Å²) >= 11 is 0. The molecule has 5 atom stereocenters. The molecule has 1 radical (unpaired) electrons. The number of aromatic nitrogens is 3. The van der Waals surface area contributed by atoms with Crippen LogP contribution in [0.1, 0.15) is 85.9 Å². The van der Waals surface area contributed by atoms with Crippen LogP contribution < -0.4 is 21.7 Å². The molecule has 4 amide bonds. The summed E-state index contributed by atoms with van der Waals surface area (Å²) in [5, 5.41) is 73.7. The first kappa shape index (κ1) is 79.7. The molecule has 1 aromatic heterocycles. The van der Waals surface area contributed by atoms with Gasteiger partial charge in [0.05, 0.1) is 69.3 Å². The van der Waals surface area contributed by atoms with Crippen LogP contribution >= 0.6 is 0 Å². The average Bonchev–Trinajstić information content (AvgIpc) is 0.803. The van der Waals surface area contributed by atoms with E-state index in [0.29, 0.717) is 0 Å². The van der Waals surface area contributed by atoms with Gasteiger partial charge in [-0.25, -0.2) is 4.68 Å². The number of amides is 4. The Morgan fingerprint density at radius 2 is 0.878 bits per heavy atom. The van der Waals surface area contributed by atoms with Gasteiger partial charge in [0.1, 0.15) is 6.04 Å². The number of hydrogen-bond donors (Lipinski definition) is 10. The van der Waals surface area contributed by atoms with Gasteiger partial charge < -0.3 is 52.3 Å². The van der Waals surface area contributed by atoms with Gasteiger partial charge in [-0.05, 0) is 51.3 Å². The number of benzene rings is 4. The summed E-state index contributed by atoms with van der Waals surface area (Å²) in [6.45, 7) is 1.79. The number of carbonyl (C=O) groups is 12. The van der Waals surface area contributed by atoms with Crippen molar-refractivity contribution in [2.24, 2.45) is 23.5 Å². The van der Waals surface area contributed by atoms with E-state index in [0.717, 1.165) is 39.0 Å². The number of ketones is 2. The number of nitrogens with two attached hydrogens (primary N) is 1. The third kappa shape index (κ3) is 26.8. The molecule has 1 aliphatic rings. The molecule has 1 saturated heterocycles. The predicted molar refractivity (Wildman–Crippen MR) is 350 cm³/mol. The Labute approximate surface area is 597 Å². The zero-order valence-electron chi connectivity index (χ0n) is 54.3. The zero-order valence-corrected chi connectivity index (χ0v) is 56.6. The van der Waals surface area contributed by atoms with Gasteiger partial charge in [-0.15, -0.1) is 5.10 Å². The topological polar surface area (TPSA) is 432 Å². The third-order valence-corrected chi connectivity index (χ3v) is 16.3. The molecule has 0 spiro atoms. The van der Waals surface area contributed by atoms with Gasteiger partial charge in [0.25, 0.3) is 0 Å². The molecular weight excluding hydrogens is 1420 g/mol. The van der Waals surface area contributed by atoms with Crippen molar-refractivity contribution >= 4 is 82.2 Å². The number of nitrogens with one attached hydrogen (secondary N) is 3. The number of carboxylic acid groups (broad SMARTS) is 6. The molecule has 0 bridgehead atoms. The molecule has 5 aromatic rings. The normalized spacial score (nSPS) is 15.0. The van der Waals surface area contributed by atoms with E-state index in [-0.39, 0.29) is 111 Å². The number of hydrogen-bond acceptors (Lipinski definition) is 18. The van der Waals surface area contributed by atoms with Crippen LogP contribution in [0.2, 0.25) is 0 Å². The Kier molecular flexibility index (Phi) is 32.5. The summed E-state index contributed by atoms with van der Waals surface area (Å²) in [7, 11) is 0. The molecule has 30 heteroatoms. The standard InChI is InChI=1S/C68H83N11O18.Gd/c1-43(2)51(34-56(81)52(22-23-58(83)84)71-68(97)54(36-60(87)88)70-57(82)39-75-24-26-76(40-61(89)90)28-30-78(42-63(93)94)31-29-77(27-25-75)41-62(91)92)67(96)72-53(35-59(85)86)55(80)33-49(66(69)95)32-50-38-79(74-73-50)37-44-18-20-48(21-19-44)65(47-16-10-5-11-17-47)64(45-12-6-3-7-13-45)46-14-8-4-9-15-46;/h3-21,38,43,49,51-54H,22-37,39-42H2,1-2H3,(H2,69,95)(H,70,82)(H,71,97)(H,72,96)(H,83,84)(H,85,86)(H,87,88)(H,89,90)(H,91,92)(H,93,94);/q;+3/t49-,51+,52+,53+,54+;/m1./s1. The molecule has 523 valence electrons. The second-order valence-electron chi connectivity index (χ2n) is 24.1. The number of Topliss-reactive ketones (excluding diaryl/α,β-unsaturated/α-hetero) is 2. The van der Waals surface area contributed by atoms with E-state index in [2.05, 4.69) is 62.7 Å². The largest absolute Gasteiger partial charge is 3.00 e. The molecule has 1 aliphatic heterocycles. The van der Waals surface area contributed by atoms with Crippen LogP contribution in [-0.4, -0.2) is 233 Å². The second-order valence-corrected chi connectivity index (χ2v) is 24.1. The molecule has 1 fully saturated rings. The minimum absolute atomic E-state index is 0. The van der Waals surface area contributed by atoms with Crippen molar-refractivity contribution in [1.29, 1.82) is 0 Å². The van der Waals surface area contributed by atoms with Gasteiger partial charge in [0, 0.05) is 90.2 Å². The van der Waals surface area contributed by atoms with E-state index >= 15 is 0 Å². The fourth-order valence-electron chi connectivity index (χ4n) is 11.3. The molecular formula is C68H83GdN11O18+3. The maximum atomic E-state index is 14.2. The van der Waals surface area contributed by atoms with Crippen LogP contribution in [0.4, 0.5) is 0 Å². The van der Waals surface area contributed by atoms with Crippen molar-refractivity contribution in [3.63, 3.8) is 0 Å². The first-order valence-electron chi connectivity index (χ1n) is 31.6. The smallest absolute Gasteiger partial charge is 0.481 e. The van der Waals surface area contributed by atoms with Gasteiger partial charge in [0.15, 0.2) is 11.6 Å². The molecule has 29 nitrogen and oxygen atoms in total. The van der Waals surface area contributed by atoms with Crippen LogP contribution in [0.5, 0.6) is 0 Å². The number of rotatable bonds is 36. The molecule has 2 heterocycles. The molecule has 0 unspecified atom stereocenters. The Hall–Kier alpha value is -9.04. The summed E-state index contributed by atoms with van der Waals surface area (Å²) in [5.74, 6) is -17.3. The van der Waals surface area contributed by atoms with Crippen LogP contribution in [0.25, 0.3) is 11.1 Å². The van der Waals surface area contributed by atoms with Gasteiger partial charge >= 0.3 is 75.8 Å². The Bertz CT molecular complexity index is 3520. The van der Waals surface area contributed by atoms with E-state index < -0.39 is 172 Å². The summed E-state index contributed by atoms with van der Waals surface area (Å²) in [6.07, 6.45) is -3.33. The first-order chi connectivity index (χ1) is 46.2. The zero-order chi connectivity index (χ0) is 70.7. The third-order valence-electron chi connectivity index (χ3n) is 16.3. The van der Waals surface area contributed by atoms with E-state index in [1.54, 1.807) is 10.9 Å². The number of carbonyl (C=O) groups excluding carboxylic acids is 6. The van der Waals surface area contributed by atoms with E-state index in [9.17, 15) is 88.2 Å². The van der Waals surface area contributed by atoms with Gasteiger partial charge in [-0.2, -0.15) is 0 Å². The number of nitrogens with zero attached hydrogens (tertiary/aromatic N) is 7. The molecule has 6 rings (SSSR count). The molecule has 11 N–H and O–H groups in total. The molecule has 4 aromatic carbocycles. The maximum absolute atomic E-state index is 14.2. The Morgan fingerprint density at radius 1 is 0.469 bits per heavy atom. The maximum Gasteiger partial charge on any atom is 3.00 e. The van der Waals surface area contributed by atoms with Crippen LogP contribution in [0.15, 0.2) is 121 Å². The molecule has 98 heavy (non-hydrogen) atoms. The van der Waals surface area contributed by atoms with Gasteiger partial charge in [-0.3, -0.25) is 77.1 Å². The number of carboxylic acids is 6. The minimum atomic E-state index is -1.89. The fourth-order valence-corrected chi connectivity index (χ4v) is 11.3. The van der Waals surface area contributed by atoms with Crippen LogP contribution in [0.3, 0.4) is 0 Å². The van der Waals surface area contributed by atoms with E-state index in [1.807, 2.05) is 78.9 Å². The minimum Gasteiger partial charge on any atom is -0.481 e. The van der Waals surface area contributed by atoms with Crippen molar-refractivity contribution in [3.05, 3.63) is 155 Å². The number of aliphatic carboxylic acids is 6. The van der Waals surface area contributed by atoms with Crippen molar-refractivity contribution in [2.45, 2.75) is 83.5 Å². The monoisotopic (exact) mass is 1500 g/mol. The van der Waals surface area contributed by atoms with Crippen LogP contribution in [-0.2, 0) is 70.5 Å². The quantitative estimate of drug-likeness (QED) is 0.0256. The summed E-state index contributed by atoms with van der Waals surface area (Å²) in [5.41, 5.74) is 13.0. The average molecular weight is 1500 g/mol. The molecule has 0 saturated carbocycles. The summed E-state index contributed by atoms with van der Waals surface area (Å²) in [6, 6.07) is 32.9. The van der Waals surface area contributed by atoms with E-state index in [1.165, 1.54) is 33.4 Å². The first-order valence-corrected chi connectivity index (χ1v) is 31.6. The van der Waals surface area contributed by atoms with Crippen molar-refractivity contribution in [2.75, 3.05) is 78.5 Å². The summed E-state index contributed by atoms with van der Waals surface area (Å²) < 4.78 is 1.54. The van der Waals surface area contributed by atoms with Gasteiger partial charge in [-0.1, -0.05) is 134 Å². The number of primary amides is 1. The van der Waals surface area contributed by atoms with Gasteiger partial charge in [0.2, 0.25) is 23.6 Å². The van der Waals surface area contributed by atoms with Crippen molar-refractivity contribution in [1.82, 2.24) is 50.5 Å². The second kappa shape index (κ2) is 40.0. The molecule has 0 aliphatic carbocycles. The van der Waals surface area contributed by atoms with E-state index in [4.69, 9.17) is 5.73 Å². The SMILES string of the molecule is CC(C)[C@H](CC(=O)[C@H](CCC(=O)O)NC(=O)[C@H](CC(=O)O)NC(=O)CN1CCN(CC(=O)O)CCN(CC(=O)O)CCN(CC(=O)O)CC1)C(=O)N[C@@H](CC(=O)O)C(=O)C[C@@H](Cc1cn(Cc2ccc(C(=C(c3ccccc3)c3ccccc3)c3ccccc3)cc2)nn1)C(N)=O.[Gd+3]. The van der Waals surface area contributed by atoms with Crippen LogP contribution in [0, 0.1) is 57.7 Å².